The molecule has 0 aliphatic carbocycles. The minimum Gasteiger partial charge on any atom is -0.496 e. The number of ether oxygens (including phenoxy) is 1. The summed E-state index contributed by atoms with van der Waals surface area (Å²) in [5.41, 5.74) is 2.55. The van der Waals surface area contributed by atoms with E-state index >= 15 is 0 Å². The van der Waals surface area contributed by atoms with Gasteiger partial charge < -0.3 is 10.1 Å². The summed E-state index contributed by atoms with van der Waals surface area (Å²) < 4.78 is 5.42. The molecule has 0 fully saturated rings. The first-order chi connectivity index (χ1) is 10.2. The van der Waals surface area contributed by atoms with Crippen LogP contribution in [-0.2, 0) is 6.54 Å². The van der Waals surface area contributed by atoms with Crippen LogP contribution in [-0.4, -0.2) is 7.11 Å². The minimum atomic E-state index is 0.371. The number of hydrogen-bond donors (Lipinski definition) is 1. The van der Waals surface area contributed by atoms with Gasteiger partial charge in [0.15, 0.2) is 0 Å². The molecule has 2 heteroatoms. The second kappa shape index (κ2) is 7.84. The fraction of sp³-hybridized carbons (Fsp3) is 0.368. The molecule has 0 saturated heterocycles. The summed E-state index contributed by atoms with van der Waals surface area (Å²) in [6.07, 6.45) is 1.12. The highest BCUT2D eigenvalue weighted by molar-refractivity contribution is 5.33. The Balaban J connectivity index is 2.09. The van der Waals surface area contributed by atoms with Crippen molar-refractivity contribution in [1.29, 1.82) is 0 Å². The number of para-hydroxylation sites is 1. The highest BCUT2D eigenvalue weighted by Gasteiger charge is 2.13. The molecule has 0 aromatic heterocycles. The van der Waals surface area contributed by atoms with E-state index in [1.165, 1.54) is 11.1 Å². The lowest BCUT2D eigenvalue weighted by Gasteiger charge is -2.22. The number of benzene rings is 2. The smallest absolute Gasteiger partial charge is 0.123 e. The second-order valence-corrected chi connectivity index (χ2v) is 5.79. The van der Waals surface area contributed by atoms with Crippen molar-refractivity contribution in [3.05, 3.63) is 65.7 Å². The van der Waals surface area contributed by atoms with Crippen LogP contribution >= 0.6 is 0 Å². The molecule has 0 aliphatic heterocycles. The fourth-order valence-corrected chi connectivity index (χ4v) is 2.58. The number of hydrogen-bond acceptors (Lipinski definition) is 2. The Morgan fingerprint density at radius 3 is 2.29 bits per heavy atom. The molecule has 0 spiro atoms. The SMILES string of the molecule is COc1ccccc1CNC(CC(C)C)c1ccccc1. The van der Waals surface area contributed by atoms with E-state index in [0.717, 1.165) is 18.7 Å². The average Bonchev–Trinajstić information content (AvgIpc) is 2.52. The van der Waals surface area contributed by atoms with Gasteiger partial charge in [-0.2, -0.15) is 0 Å². The Hall–Kier alpha value is -1.80. The Kier molecular flexibility index (Phi) is 5.82. The third kappa shape index (κ3) is 4.61. The molecule has 2 aromatic carbocycles. The summed E-state index contributed by atoms with van der Waals surface area (Å²) in [5, 5.41) is 3.68. The first kappa shape index (κ1) is 15.6. The van der Waals surface area contributed by atoms with Crippen LogP contribution in [0.25, 0.3) is 0 Å². The van der Waals surface area contributed by atoms with Gasteiger partial charge in [-0.25, -0.2) is 0 Å². The van der Waals surface area contributed by atoms with E-state index in [0.29, 0.717) is 12.0 Å². The highest BCUT2D eigenvalue weighted by atomic mass is 16.5. The van der Waals surface area contributed by atoms with E-state index in [1.807, 2.05) is 12.1 Å². The van der Waals surface area contributed by atoms with Crippen LogP contribution in [0.5, 0.6) is 5.75 Å². The van der Waals surface area contributed by atoms with Crippen LogP contribution in [0.2, 0.25) is 0 Å². The van der Waals surface area contributed by atoms with Crippen LogP contribution in [0, 0.1) is 5.92 Å². The van der Waals surface area contributed by atoms with E-state index in [-0.39, 0.29) is 0 Å². The molecule has 0 radical (unpaired) electrons. The molecule has 1 N–H and O–H groups in total. The van der Waals surface area contributed by atoms with Gasteiger partial charge in [0.1, 0.15) is 5.75 Å². The predicted molar refractivity (Wildman–Crippen MR) is 88.5 cm³/mol. The third-order valence-corrected chi connectivity index (χ3v) is 3.64. The molecule has 2 nitrogen and oxygen atoms in total. The Morgan fingerprint density at radius 2 is 1.62 bits per heavy atom. The summed E-state index contributed by atoms with van der Waals surface area (Å²) in [6.45, 7) is 5.34. The quantitative estimate of drug-likeness (QED) is 0.803. The van der Waals surface area contributed by atoms with Crippen LogP contribution < -0.4 is 10.1 Å². The summed E-state index contributed by atoms with van der Waals surface area (Å²) in [5.74, 6) is 1.60. The average molecular weight is 283 g/mol. The molecular weight excluding hydrogens is 258 g/mol. The molecule has 1 atom stereocenters. The van der Waals surface area contributed by atoms with Gasteiger partial charge in [-0.1, -0.05) is 62.4 Å². The second-order valence-electron chi connectivity index (χ2n) is 5.79. The largest absolute Gasteiger partial charge is 0.496 e. The molecule has 0 heterocycles. The molecule has 112 valence electrons. The van der Waals surface area contributed by atoms with Gasteiger partial charge in [0, 0.05) is 18.2 Å². The molecule has 0 amide bonds. The lowest BCUT2D eigenvalue weighted by Crippen LogP contribution is -2.22. The van der Waals surface area contributed by atoms with Gasteiger partial charge in [0.2, 0.25) is 0 Å². The van der Waals surface area contributed by atoms with Crippen molar-refractivity contribution in [2.24, 2.45) is 5.92 Å². The lowest BCUT2D eigenvalue weighted by molar-refractivity contribution is 0.397. The maximum atomic E-state index is 5.42. The van der Waals surface area contributed by atoms with E-state index in [2.05, 4.69) is 61.6 Å². The molecule has 0 bridgehead atoms. The Bertz CT molecular complexity index is 536. The van der Waals surface area contributed by atoms with Gasteiger partial charge in [-0.3, -0.25) is 0 Å². The molecule has 0 aliphatic rings. The monoisotopic (exact) mass is 283 g/mol. The zero-order valence-electron chi connectivity index (χ0n) is 13.2. The highest BCUT2D eigenvalue weighted by Crippen LogP contribution is 2.23. The Labute approximate surface area is 128 Å². The number of nitrogens with one attached hydrogen (secondary N) is 1. The molecule has 1 unspecified atom stereocenters. The minimum absolute atomic E-state index is 0.371. The van der Waals surface area contributed by atoms with Gasteiger partial charge in [-0.05, 0) is 24.0 Å². The van der Waals surface area contributed by atoms with Crippen molar-refractivity contribution in [3.8, 4) is 5.75 Å². The first-order valence-corrected chi connectivity index (χ1v) is 7.61. The molecule has 0 saturated carbocycles. The molecule has 2 aromatic rings. The summed E-state index contributed by atoms with van der Waals surface area (Å²) >= 11 is 0. The first-order valence-electron chi connectivity index (χ1n) is 7.61. The topological polar surface area (TPSA) is 21.3 Å². The number of rotatable bonds is 7. The zero-order chi connectivity index (χ0) is 15.1. The standard InChI is InChI=1S/C19H25NO/c1-15(2)13-18(16-9-5-4-6-10-16)20-14-17-11-7-8-12-19(17)21-3/h4-12,15,18,20H,13-14H2,1-3H3. The van der Waals surface area contributed by atoms with E-state index in [4.69, 9.17) is 4.74 Å². The third-order valence-electron chi connectivity index (χ3n) is 3.64. The summed E-state index contributed by atoms with van der Waals surface area (Å²) in [6, 6.07) is 19.2. The van der Waals surface area contributed by atoms with Crippen LogP contribution in [0.3, 0.4) is 0 Å². The van der Waals surface area contributed by atoms with Crippen molar-refractivity contribution < 1.29 is 4.74 Å². The van der Waals surface area contributed by atoms with Crippen molar-refractivity contribution in [1.82, 2.24) is 5.32 Å². The van der Waals surface area contributed by atoms with Crippen molar-refractivity contribution in [2.45, 2.75) is 32.9 Å². The predicted octanol–water partition coefficient (Wildman–Crippen LogP) is 4.57. The molecular formula is C19H25NO. The zero-order valence-corrected chi connectivity index (χ0v) is 13.2. The lowest BCUT2D eigenvalue weighted by atomic mass is 9.97. The van der Waals surface area contributed by atoms with E-state index in [1.54, 1.807) is 7.11 Å². The van der Waals surface area contributed by atoms with Crippen LogP contribution in [0.15, 0.2) is 54.6 Å². The van der Waals surface area contributed by atoms with Gasteiger partial charge in [0.25, 0.3) is 0 Å². The van der Waals surface area contributed by atoms with Gasteiger partial charge in [0.05, 0.1) is 7.11 Å². The van der Waals surface area contributed by atoms with E-state index < -0.39 is 0 Å². The molecule has 21 heavy (non-hydrogen) atoms. The maximum absolute atomic E-state index is 5.42. The van der Waals surface area contributed by atoms with Crippen molar-refractivity contribution in [3.63, 3.8) is 0 Å². The summed E-state index contributed by atoms with van der Waals surface area (Å²) in [7, 11) is 1.72. The van der Waals surface area contributed by atoms with Gasteiger partial charge in [-0.15, -0.1) is 0 Å². The summed E-state index contributed by atoms with van der Waals surface area (Å²) in [4.78, 5) is 0. The van der Waals surface area contributed by atoms with Gasteiger partial charge >= 0.3 is 0 Å². The van der Waals surface area contributed by atoms with Crippen molar-refractivity contribution in [2.75, 3.05) is 7.11 Å². The molecule has 2 rings (SSSR count). The maximum Gasteiger partial charge on any atom is 0.123 e. The normalized spacial score (nSPS) is 12.4. The number of methoxy groups -OCH3 is 1. The van der Waals surface area contributed by atoms with E-state index in [9.17, 15) is 0 Å². The van der Waals surface area contributed by atoms with Crippen molar-refractivity contribution >= 4 is 0 Å². The fourth-order valence-electron chi connectivity index (χ4n) is 2.58. The Morgan fingerprint density at radius 1 is 0.952 bits per heavy atom. The van der Waals surface area contributed by atoms with Crippen LogP contribution in [0.1, 0.15) is 37.4 Å². The van der Waals surface area contributed by atoms with Crippen LogP contribution in [0.4, 0.5) is 0 Å².